The van der Waals surface area contributed by atoms with Crippen LogP contribution in [0.1, 0.15) is 43.1 Å². The van der Waals surface area contributed by atoms with Crippen molar-refractivity contribution in [3.8, 4) is 11.5 Å². The van der Waals surface area contributed by atoms with E-state index in [4.69, 9.17) is 13.9 Å². The Kier molecular flexibility index (Phi) is 6.96. The number of benzene rings is 2. The highest BCUT2D eigenvalue weighted by molar-refractivity contribution is 6.01. The first-order valence-electron chi connectivity index (χ1n) is 12.8. The minimum absolute atomic E-state index is 0.150. The Morgan fingerprint density at radius 3 is 2.43 bits per heavy atom. The van der Waals surface area contributed by atoms with Crippen molar-refractivity contribution in [3.63, 3.8) is 0 Å². The van der Waals surface area contributed by atoms with Crippen LogP contribution in [0.25, 0.3) is 0 Å². The number of nitrogens with one attached hydrogen (secondary N) is 1. The molecule has 194 valence electrons. The monoisotopic (exact) mass is 502 g/mol. The molecule has 0 aliphatic heterocycles. The van der Waals surface area contributed by atoms with Gasteiger partial charge in [0.15, 0.2) is 0 Å². The molecule has 0 unspecified atom stereocenters. The number of anilines is 1. The van der Waals surface area contributed by atoms with Gasteiger partial charge in [-0.15, -0.1) is 0 Å². The van der Waals surface area contributed by atoms with Crippen LogP contribution in [0.15, 0.2) is 65.3 Å². The van der Waals surface area contributed by atoms with Crippen molar-refractivity contribution in [3.05, 3.63) is 77.7 Å². The minimum Gasteiger partial charge on any atom is -0.497 e. The molecule has 2 aliphatic carbocycles. The van der Waals surface area contributed by atoms with E-state index in [1.54, 1.807) is 49.6 Å². The van der Waals surface area contributed by atoms with Crippen molar-refractivity contribution < 1.29 is 23.5 Å². The Hall–Kier alpha value is -3.74. The summed E-state index contributed by atoms with van der Waals surface area (Å²) in [5.41, 5.74) is 2.28. The minimum atomic E-state index is -1.02. The highest BCUT2D eigenvalue weighted by Gasteiger charge is 2.52. The lowest BCUT2D eigenvalue weighted by molar-refractivity contribution is -0.150. The normalized spacial score (nSPS) is 22.4. The maximum Gasteiger partial charge on any atom is 0.250 e. The predicted molar refractivity (Wildman–Crippen MR) is 141 cm³/mol. The Bertz CT molecular complexity index is 1270. The Balaban J connectivity index is 1.51. The molecule has 37 heavy (non-hydrogen) atoms. The van der Waals surface area contributed by atoms with Gasteiger partial charge in [-0.1, -0.05) is 24.3 Å². The third kappa shape index (κ3) is 4.82. The van der Waals surface area contributed by atoms with Crippen LogP contribution < -0.4 is 14.8 Å². The van der Waals surface area contributed by atoms with Crippen LogP contribution in [-0.4, -0.2) is 36.5 Å². The SMILES string of the molecule is COc1ccc(NC(=O)[C@]2(N(Cc3ccco3)C(C)=O)CC[C@H]3Cc4ccccc4C[C@@H]3C2)c(OC)c1. The second-order valence-electron chi connectivity index (χ2n) is 10.2. The summed E-state index contributed by atoms with van der Waals surface area (Å²) in [6.07, 6.45) is 5.57. The van der Waals surface area contributed by atoms with Crippen LogP contribution in [0, 0.1) is 11.8 Å². The Morgan fingerprint density at radius 2 is 1.78 bits per heavy atom. The number of amides is 2. The summed E-state index contributed by atoms with van der Waals surface area (Å²) >= 11 is 0. The maximum atomic E-state index is 14.3. The van der Waals surface area contributed by atoms with Crippen molar-refractivity contribution in [2.24, 2.45) is 11.8 Å². The lowest BCUT2D eigenvalue weighted by Crippen LogP contribution is -2.61. The van der Waals surface area contributed by atoms with Crippen LogP contribution in [0.5, 0.6) is 11.5 Å². The highest BCUT2D eigenvalue weighted by Crippen LogP contribution is 2.47. The van der Waals surface area contributed by atoms with Crippen LogP contribution in [0.3, 0.4) is 0 Å². The van der Waals surface area contributed by atoms with Gasteiger partial charge in [0.25, 0.3) is 0 Å². The molecule has 1 aromatic heterocycles. The average molecular weight is 503 g/mol. The highest BCUT2D eigenvalue weighted by atomic mass is 16.5. The van der Waals surface area contributed by atoms with Gasteiger partial charge < -0.3 is 24.1 Å². The molecule has 1 saturated carbocycles. The average Bonchev–Trinajstić information content (AvgIpc) is 3.43. The van der Waals surface area contributed by atoms with Crippen LogP contribution >= 0.6 is 0 Å². The summed E-state index contributed by atoms with van der Waals surface area (Å²) in [4.78, 5) is 29.2. The number of fused-ring (bicyclic) bond motifs is 2. The number of hydrogen-bond acceptors (Lipinski definition) is 5. The zero-order chi connectivity index (χ0) is 26.0. The molecule has 7 nitrogen and oxygen atoms in total. The molecule has 0 saturated heterocycles. The molecule has 2 aromatic carbocycles. The van der Waals surface area contributed by atoms with Crippen molar-refractivity contribution in [2.75, 3.05) is 19.5 Å². The molecule has 2 amide bonds. The number of rotatable bonds is 7. The first kappa shape index (κ1) is 24.9. The van der Waals surface area contributed by atoms with Gasteiger partial charge in [0.2, 0.25) is 11.8 Å². The second-order valence-corrected chi connectivity index (χ2v) is 10.2. The van der Waals surface area contributed by atoms with Crippen molar-refractivity contribution in [2.45, 2.75) is 51.1 Å². The third-order valence-electron chi connectivity index (χ3n) is 8.15. The van der Waals surface area contributed by atoms with Crippen LogP contribution in [-0.2, 0) is 29.0 Å². The van der Waals surface area contributed by atoms with Crippen molar-refractivity contribution >= 4 is 17.5 Å². The van der Waals surface area contributed by atoms with Gasteiger partial charge >= 0.3 is 0 Å². The van der Waals surface area contributed by atoms with Gasteiger partial charge in [-0.2, -0.15) is 0 Å². The van der Waals surface area contributed by atoms with E-state index in [0.29, 0.717) is 47.6 Å². The zero-order valence-electron chi connectivity index (χ0n) is 21.7. The summed E-state index contributed by atoms with van der Waals surface area (Å²) in [6.45, 7) is 1.78. The lowest BCUT2D eigenvalue weighted by Gasteiger charge is -2.50. The topological polar surface area (TPSA) is 81.0 Å². The lowest BCUT2D eigenvalue weighted by atomic mass is 9.62. The molecule has 0 spiro atoms. The predicted octanol–water partition coefficient (Wildman–Crippen LogP) is 5.24. The Morgan fingerprint density at radius 1 is 1.03 bits per heavy atom. The van der Waals surface area contributed by atoms with Crippen molar-refractivity contribution in [1.29, 1.82) is 0 Å². The van der Waals surface area contributed by atoms with E-state index < -0.39 is 5.54 Å². The largest absolute Gasteiger partial charge is 0.497 e. The zero-order valence-corrected chi connectivity index (χ0v) is 21.7. The van der Waals surface area contributed by atoms with E-state index in [1.165, 1.54) is 18.1 Å². The maximum absolute atomic E-state index is 14.3. The number of hydrogen-bond donors (Lipinski definition) is 1. The van der Waals surface area contributed by atoms with E-state index in [1.807, 2.05) is 6.07 Å². The first-order chi connectivity index (χ1) is 17.9. The van der Waals surface area contributed by atoms with E-state index >= 15 is 0 Å². The molecule has 2 aliphatic rings. The molecule has 0 bridgehead atoms. The van der Waals surface area contributed by atoms with Gasteiger partial charge in [-0.25, -0.2) is 0 Å². The molecular weight excluding hydrogens is 468 g/mol. The molecular formula is C30H34N2O5. The third-order valence-corrected chi connectivity index (χ3v) is 8.15. The summed E-state index contributed by atoms with van der Waals surface area (Å²) in [5.74, 6) is 2.23. The molecule has 7 heteroatoms. The van der Waals surface area contributed by atoms with Crippen LogP contribution in [0.2, 0.25) is 0 Å². The number of furan rings is 1. The van der Waals surface area contributed by atoms with Gasteiger partial charge in [-0.3, -0.25) is 9.59 Å². The second kappa shape index (κ2) is 10.3. The summed E-state index contributed by atoms with van der Waals surface area (Å²) < 4.78 is 16.5. The van der Waals surface area contributed by atoms with E-state index in [0.717, 1.165) is 19.3 Å². The molecule has 1 fully saturated rings. The van der Waals surface area contributed by atoms with E-state index in [-0.39, 0.29) is 18.4 Å². The fourth-order valence-electron chi connectivity index (χ4n) is 6.23. The van der Waals surface area contributed by atoms with E-state index in [2.05, 4.69) is 29.6 Å². The molecule has 5 rings (SSSR count). The molecule has 3 aromatic rings. The molecule has 1 N–H and O–H groups in total. The molecule has 3 atom stereocenters. The summed E-state index contributed by atoms with van der Waals surface area (Å²) in [6, 6.07) is 17.5. The van der Waals surface area contributed by atoms with Crippen molar-refractivity contribution in [1.82, 2.24) is 4.90 Å². The Labute approximate surface area is 217 Å². The fourth-order valence-corrected chi connectivity index (χ4v) is 6.23. The number of ether oxygens (including phenoxy) is 2. The number of carbonyl (C=O) groups excluding carboxylic acids is 2. The number of carbonyl (C=O) groups is 2. The smallest absolute Gasteiger partial charge is 0.250 e. The standard InChI is InChI=1S/C30H34N2O5/c1-20(33)32(19-26-9-6-14-37-26)30(29(34)31-27-11-10-25(35-2)17-28(27)36-3)13-12-23-15-21-7-4-5-8-22(21)16-24(23)18-30/h4-11,14,17,23-24H,12-13,15-16,18-19H2,1-3H3,(H,31,34)/t23-,24+,30-/m0/s1. The van der Waals surface area contributed by atoms with Gasteiger partial charge in [0.05, 0.1) is 32.7 Å². The first-order valence-corrected chi connectivity index (χ1v) is 12.8. The number of methoxy groups -OCH3 is 2. The molecule has 0 radical (unpaired) electrons. The number of nitrogens with zero attached hydrogens (tertiary/aromatic N) is 1. The fraction of sp³-hybridized carbons (Fsp3) is 0.400. The summed E-state index contributed by atoms with van der Waals surface area (Å²) in [5, 5.41) is 3.11. The quantitative estimate of drug-likeness (QED) is 0.478. The van der Waals surface area contributed by atoms with E-state index in [9.17, 15) is 9.59 Å². The molecule has 1 heterocycles. The van der Waals surface area contributed by atoms with Crippen LogP contribution in [0.4, 0.5) is 5.69 Å². The van der Waals surface area contributed by atoms with Gasteiger partial charge in [0.1, 0.15) is 22.8 Å². The van der Waals surface area contributed by atoms with Gasteiger partial charge in [-0.05, 0) is 79.3 Å². The summed E-state index contributed by atoms with van der Waals surface area (Å²) in [7, 11) is 3.14. The van der Waals surface area contributed by atoms with Gasteiger partial charge in [0, 0.05) is 13.0 Å².